The highest BCUT2D eigenvalue weighted by Crippen LogP contribution is 2.30. The van der Waals surface area contributed by atoms with Gasteiger partial charge in [0.05, 0.1) is 15.7 Å². The van der Waals surface area contributed by atoms with E-state index in [0.29, 0.717) is 21.8 Å². The van der Waals surface area contributed by atoms with E-state index in [1.165, 1.54) is 4.88 Å². The Balaban J connectivity index is 1.39. The lowest BCUT2D eigenvalue weighted by Gasteiger charge is -2.25. The number of carbonyl (C=O) groups excluding carboxylic acids is 1. The van der Waals surface area contributed by atoms with Crippen LogP contribution in [0.3, 0.4) is 0 Å². The zero-order valence-electron chi connectivity index (χ0n) is 14.1. The van der Waals surface area contributed by atoms with Crippen molar-refractivity contribution >= 4 is 45.6 Å². The van der Waals surface area contributed by atoms with Gasteiger partial charge in [-0.25, -0.2) is 4.98 Å². The highest BCUT2D eigenvalue weighted by atomic mass is 35.5. The van der Waals surface area contributed by atoms with Crippen LogP contribution in [0.25, 0.3) is 0 Å². The Kier molecular flexibility index (Phi) is 5.47. The molecule has 2 aliphatic heterocycles. The first-order valence-electron chi connectivity index (χ1n) is 8.66. The molecule has 8 heteroatoms. The molecular formula is C18H19Cl2N3O2S. The predicted octanol–water partition coefficient (Wildman–Crippen LogP) is 4.13. The van der Waals surface area contributed by atoms with Crippen LogP contribution in [0.2, 0.25) is 10.0 Å². The Morgan fingerprint density at radius 2 is 2.27 bits per heavy atom. The fourth-order valence-corrected chi connectivity index (χ4v) is 4.68. The van der Waals surface area contributed by atoms with Crippen molar-refractivity contribution in [2.45, 2.75) is 38.5 Å². The number of benzene rings is 1. The molecule has 0 bridgehead atoms. The summed E-state index contributed by atoms with van der Waals surface area (Å²) >= 11 is 13.7. The van der Waals surface area contributed by atoms with Gasteiger partial charge < -0.3 is 4.74 Å². The maximum Gasteiger partial charge on any atom is 0.255 e. The highest BCUT2D eigenvalue weighted by molar-refractivity contribution is 7.15. The molecule has 1 aromatic heterocycles. The van der Waals surface area contributed by atoms with Gasteiger partial charge in [-0.2, -0.15) is 0 Å². The normalized spacial score (nSPS) is 20.2. The lowest BCUT2D eigenvalue weighted by molar-refractivity contribution is -0.124. The molecule has 0 spiro atoms. The molecule has 2 aliphatic rings. The number of anilines is 1. The second-order valence-corrected chi connectivity index (χ2v) is 8.49. The van der Waals surface area contributed by atoms with Crippen molar-refractivity contribution in [3.8, 4) is 0 Å². The summed E-state index contributed by atoms with van der Waals surface area (Å²) in [4.78, 5) is 20.3. The summed E-state index contributed by atoms with van der Waals surface area (Å²) in [6, 6.07) is 5.75. The van der Waals surface area contributed by atoms with E-state index in [4.69, 9.17) is 27.9 Å². The summed E-state index contributed by atoms with van der Waals surface area (Å²) in [7, 11) is 0. The number of hydrogen-bond donors (Lipinski definition) is 1. The minimum Gasteiger partial charge on any atom is -0.368 e. The van der Waals surface area contributed by atoms with E-state index in [0.717, 1.165) is 50.2 Å². The number of nitrogens with one attached hydrogen (secondary N) is 1. The zero-order chi connectivity index (χ0) is 18.1. The van der Waals surface area contributed by atoms with Crippen molar-refractivity contribution in [3.05, 3.63) is 44.4 Å². The van der Waals surface area contributed by atoms with Crippen molar-refractivity contribution in [1.29, 1.82) is 0 Å². The first-order chi connectivity index (χ1) is 12.6. The monoisotopic (exact) mass is 411 g/mol. The minimum absolute atomic E-state index is 0.0822. The highest BCUT2D eigenvalue weighted by Gasteiger charge is 2.26. The number of ether oxygens (including phenoxy) is 1. The van der Waals surface area contributed by atoms with Gasteiger partial charge >= 0.3 is 0 Å². The third-order valence-electron chi connectivity index (χ3n) is 4.65. The summed E-state index contributed by atoms with van der Waals surface area (Å²) < 4.78 is 5.43. The molecule has 1 fully saturated rings. The SMILES string of the molecule is O=C(Nc1nc2c(s1)CN(Cc1ccc(Cl)c(Cl)c1)CC2)C1CCCO1. The molecule has 5 nitrogen and oxygen atoms in total. The molecule has 0 aliphatic carbocycles. The summed E-state index contributed by atoms with van der Waals surface area (Å²) in [6.45, 7) is 3.22. The number of rotatable bonds is 4. The van der Waals surface area contributed by atoms with Gasteiger partial charge in [0.2, 0.25) is 0 Å². The minimum atomic E-state index is -0.331. The number of carbonyl (C=O) groups is 1. The molecule has 1 N–H and O–H groups in total. The Hall–Kier alpha value is -1.18. The fourth-order valence-electron chi connectivity index (χ4n) is 3.30. The Morgan fingerprint density at radius 1 is 1.38 bits per heavy atom. The van der Waals surface area contributed by atoms with Crippen LogP contribution >= 0.6 is 34.5 Å². The number of nitrogens with zero attached hydrogens (tertiary/aromatic N) is 2. The van der Waals surface area contributed by atoms with Crippen LogP contribution in [0.15, 0.2) is 18.2 Å². The van der Waals surface area contributed by atoms with E-state index in [2.05, 4.69) is 15.2 Å². The first kappa shape index (κ1) is 18.2. The van der Waals surface area contributed by atoms with Crippen molar-refractivity contribution in [1.82, 2.24) is 9.88 Å². The summed E-state index contributed by atoms with van der Waals surface area (Å²) in [5.74, 6) is -0.0822. The molecule has 0 radical (unpaired) electrons. The molecular weight excluding hydrogens is 393 g/mol. The fraction of sp³-hybridized carbons (Fsp3) is 0.444. The van der Waals surface area contributed by atoms with Gasteiger partial charge in [-0.15, -0.1) is 11.3 Å². The lowest BCUT2D eigenvalue weighted by Crippen LogP contribution is -2.29. The number of aromatic nitrogens is 1. The van der Waals surface area contributed by atoms with Crippen molar-refractivity contribution < 1.29 is 9.53 Å². The average Bonchev–Trinajstić information content (AvgIpc) is 3.27. The van der Waals surface area contributed by atoms with E-state index in [1.807, 2.05) is 18.2 Å². The molecule has 1 unspecified atom stereocenters. The van der Waals surface area contributed by atoms with E-state index < -0.39 is 0 Å². The number of halogens is 2. The van der Waals surface area contributed by atoms with Crippen molar-refractivity contribution in [2.75, 3.05) is 18.5 Å². The van der Waals surface area contributed by atoms with Crippen LogP contribution in [0.5, 0.6) is 0 Å². The van der Waals surface area contributed by atoms with Gasteiger partial charge in [-0.3, -0.25) is 15.0 Å². The van der Waals surface area contributed by atoms with E-state index >= 15 is 0 Å². The molecule has 2 aromatic rings. The molecule has 26 heavy (non-hydrogen) atoms. The van der Waals surface area contributed by atoms with Gasteiger partial charge in [-0.05, 0) is 30.5 Å². The molecule has 1 atom stereocenters. The predicted molar refractivity (Wildman–Crippen MR) is 104 cm³/mol. The summed E-state index contributed by atoms with van der Waals surface area (Å²) in [5, 5.41) is 4.74. The Morgan fingerprint density at radius 3 is 3.04 bits per heavy atom. The molecule has 1 aromatic carbocycles. The second kappa shape index (κ2) is 7.82. The van der Waals surface area contributed by atoms with Gasteiger partial charge in [0.1, 0.15) is 6.10 Å². The standard InChI is InChI=1S/C18H19Cl2N3O2S/c19-12-4-3-11(8-13(12)20)9-23-6-5-14-16(10-23)26-18(21-14)22-17(24)15-2-1-7-25-15/h3-4,8,15H,1-2,5-7,9-10H2,(H,21,22,24). The van der Waals surface area contributed by atoms with Crippen molar-refractivity contribution in [3.63, 3.8) is 0 Å². The molecule has 0 saturated carbocycles. The first-order valence-corrected chi connectivity index (χ1v) is 10.2. The van der Waals surface area contributed by atoms with Gasteiger partial charge in [-0.1, -0.05) is 29.3 Å². The van der Waals surface area contributed by atoms with Crippen LogP contribution in [0.1, 0.15) is 29.0 Å². The van der Waals surface area contributed by atoms with Crippen LogP contribution in [-0.4, -0.2) is 35.0 Å². The second-order valence-electron chi connectivity index (χ2n) is 6.59. The van der Waals surface area contributed by atoms with E-state index in [-0.39, 0.29) is 12.0 Å². The molecule has 1 saturated heterocycles. The molecule has 3 heterocycles. The van der Waals surface area contributed by atoms with E-state index in [9.17, 15) is 4.79 Å². The Bertz CT molecular complexity index is 821. The molecule has 138 valence electrons. The maximum absolute atomic E-state index is 12.2. The third kappa shape index (κ3) is 4.05. The van der Waals surface area contributed by atoms with Gasteiger partial charge in [0, 0.05) is 37.5 Å². The number of hydrogen-bond acceptors (Lipinski definition) is 5. The van der Waals surface area contributed by atoms with Gasteiger partial charge in [0.15, 0.2) is 5.13 Å². The summed E-state index contributed by atoms with van der Waals surface area (Å²) in [5.41, 5.74) is 2.22. The zero-order valence-corrected chi connectivity index (χ0v) is 16.5. The number of thiazole rings is 1. The van der Waals surface area contributed by atoms with Crippen LogP contribution < -0.4 is 5.32 Å². The van der Waals surface area contributed by atoms with Crippen molar-refractivity contribution in [2.24, 2.45) is 0 Å². The number of fused-ring (bicyclic) bond motifs is 1. The topological polar surface area (TPSA) is 54.5 Å². The maximum atomic E-state index is 12.2. The number of amides is 1. The summed E-state index contributed by atoms with van der Waals surface area (Å²) in [6.07, 6.45) is 2.27. The van der Waals surface area contributed by atoms with Crippen LogP contribution in [-0.2, 0) is 29.0 Å². The Labute approximate surface area is 166 Å². The van der Waals surface area contributed by atoms with E-state index in [1.54, 1.807) is 11.3 Å². The third-order valence-corrected chi connectivity index (χ3v) is 6.39. The molecule has 1 amide bonds. The van der Waals surface area contributed by atoms with Crippen LogP contribution in [0.4, 0.5) is 5.13 Å². The average molecular weight is 412 g/mol. The quantitative estimate of drug-likeness (QED) is 0.821. The largest absolute Gasteiger partial charge is 0.368 e. The lowest BCUT2D eigenvalue weighted by atomic mass is 10.1. The molecule has 4 rings (SSSR count). The smallest absolute Gasteiger partial charge is 0.255 e. The van der Waals surface area contributed by atoms with Gasteiger partial charge in [0.25, 0.3) is 5.91 Å². The van der Waals surface area contributed by atoms with Crippen LogP contribution in [0, 0.1) is 0 Å².